The summed E-state index contributed by atoms with van der Waals surface area (Å²) in [6.45, 7) is 0. The summed E-state index contributed by atoms with van der Waals surface area (Å²) in [4.78, 5) is 2.30. The van der Waals surface area contributed by atoms with Crippen molar-refractivity contribution in [2.24, 2.45) is 0 Å². The van der Waals surface area contributed by atoms with Crippen molar-refractivity contribution in [2.45, 2.75) is 0 Å². The highest BCUT2D eigenvalue weighted by Gasteiger charge is 2.22. The number of benzene rings is 7. The third-order valence-corrected chi connectivity index (χ3v) is 9.40. The zero-order valence-electron chi connectivity index (χ0n) is 25.9. The zero-order valence-corrected chi connectivity index (χ0v) is 25.9. The van der Waals surface area contributed by atoms with Gasteiger partial charge in [-0.25, -0.2) is 0 Å². The van der Waals surface area contributed by atoms with Crippen LogP contribution >= 0.6 is 0 Å². The van der Waals surface area contributed by atoms with E-state index < -0.39 is 0 Å². The first-order valence-corrected chi connectivity index (χ1v) is 16.2. The van der Waals surface area contributed by atoms with E-state index >= 15 is 0 Å². The summed E-state index contributed by atoms with van der Waals surface area (Å²) in [6.07, 6.45) is 0. The summed E-state index contributed by atoms with van der Waals surface area (Å²) in [5.41, 5.74) is 11.0. The van der Waals surface area contributed by atoms with Gasteiger partial charge in [0.15, 0.2) is 5.58 Å². The van der Waals surface area contributed by atoms with Crippen LogP contribution < -0.4 is 4.90 Å². The van der Waals surface area contributed by atoms with Gasteiger partial charge in [-0.1, -0.05) is 109 Å². The number of hydrogen-bond donors (Lipinski definition) is 0. The van der Waals surface area contributed by atoms with E-state index in [1.165, 1.54) is 10.9 Å². The second-order valence-corrected chi connectivity index (χ2v) is 12.2. The molecule has 0 amide bonds. The standard InChI is InChI=1S/C44H28N2O2/c1-2-12-29(13-3-1)30-14-10-15-33(28-30)45(39-21-11-19-35-34-16-5-8-22-40(34)47-43(35)39)31-24-26-32(27-25-31)46-38-20-7-4-17-36(38)42-37-18-6-9-23-41(37)48-44(42)46/h1-28H. The highest BCUT2D eigenvalue weighted by Crippen LogP contribution is 2.44. The van der Waals surface area contributed by atoms with Gasteiger partial charge < -0.3 is 13.7 Å². The molecule has 0 fully saturated rings. The van der Waals surface area contributed by atoms with Gasteiger partial charge in [-0.2, -0.15) is 0 Å². The Morgan fingerprint density at radius 2 is 1.08 bits per heavy atom. The summed E-state index contributed by atoms with van der Waals surface area (Å²) < 4.78 is 15.3. The highest BCUT2D eigenvalue weighted by molar-refractivity contribution is 6.20. The Morgan fingerprint density at radius 3 is 1.92 bits per heavy atom. The second kappa shape index (κ2) is 10.5. The van der Waals surface area contributed by atoms with Crippen LogP contribution in [-0.4, -0.2) is 4.57 Å². The Morgan fingerprint density at radius 1 is 0.438 bits per heavy atom. The number of para-hydroxylation sites is 4. The van der Waals surface area contributed by atoms with Crippen molar-refractivity contribution in [1.82, 2.24) is 4.57 Å². The van der Waals surface area contributed by atoms with Gasteiger partial charge in [0.2, 0.25) is 5.71 Å². The van der Waals surface area contributed by atoms with Crippen molar-refractivity contribution < 1.29 is 8.83 Å². The molecule has 226 valence electrons. The van der Waals surface area contributed by atoms with E-state index in [4.69, 9.17) is 8.83 Å². The molecule has 48 heavy (non-hydrogen) atoms. The average Bonchev–Trinajstić information content (AvgIpc) is 3.82. The molecule has 0 N–H and O–H groups in total. The number of rotatable bonds is 5. The molecule has 0 saturated heterocycles. The van der Waals surface area contributed by atoms with Crippen LogP contribution in [0, 0.1) is 0 Å². The topological polar surface area (TPSA) is 34.5 Å². The van der Waals surface area contributed by atoms with Crippen LogP contribution in [0.1, 0.15) is 0 Å². The molecule has 0 bridgehead atoms. The number of aromatic nitrogens is 1. The SMILES string of the molecule is c1ccc(-c2cccc(N(c3ccc(-n4c5ccccc5c5c6ccccc6oc54)cc3)c3cccc4c3oc3ccccc34)c2)cc1. The molecule has 4 heteroatoms. The lowest BCUT2D eigenvalue weighted by Gasteiger charge is -2.26. The van der Waals surface area contributed by atoms with Crippen LogP contribution in [0.3, 0.4) is 0 Å². The normalized spacial score (nSPS) is 11.8. The molecular formula is C44H28N2O2. The van der Waals surface area contributed by atoms with Gasteiger partial charge in [0.1, 0.15) is 11.2 Å². The molecule has 10 aromatic rings. The van der Waals surface area contributed by atoms with Crippen molar-refractivity contribution in [1.29, 1.82) is 0 Å². The Labute approximate surface area is 276 Å². The van der Waals surface area contributed by atoms with Gasteiger partial charge in [-0.15, -0.1) is 0 Å². The molecule has 4 nitrogen and oxygen atoms in total. The van der Waals surface area contributed by atoms with Gasteiger partial charge in [0.05, 0.1) is 16.6 Å². The number of nitrogens with zero attached hydrogens (tertiary/aromatic N) is 2. The Kier molecular flexibility index (Phi) is 5.84. The molecular weight excluding hydrogens is 588 g/mol. The molecule has 3 aromatic heterocycles. The van der Waals surface area contributed by atoms with E-state index in [-0.39, 0.29) is 0 Å². The van der Waals surface area contributed by atoms with Gasteiger partial charge in [-0.3, -0.25) is 4.57 Å². The first kappa shape index (κ1) is 26.7. The van der Waals surface area contributed by atoms with E-state index in [1.54, 1.807) is 0 Å². The maximum atomic E-state index is 6.57. The van der Waals surface area contributed by atoms with Crippen LogP contribution in [-0.2, 0) is 0 Å². The van der Waals surface area contributed by atoms with Crippen LogP contribution in [0.2, 0.25) is 0 Å². The Hall–Kier alpha value is -6.52. The maximum Gasteiger partial charge on any atom is 0.213 e. The van der Waals surface area contributed by atoms with Crippen molar-refractivity contribution in [3.63, 3.8) is 0 Å². The molecule has 0 spiro atoms. The van der Waals surface area contributed by atoms with Gasteiger partial charge in [-0.05, 0) is 71.8 Å². The minimum absolute atomic E-state index is 0.851. The number of hydrogen-bond acceptors (Lipinski definition) is 3. The fourth-order valence-electron chi connectivity index (χ4n) is 7.24. The van der Waals surface area contributed by atoms with E-state index in [9.17, 15) is 0 Å². The summed E-state index contributed by atoms with van der Waals surface area (Å²) >= 11 is 0. The van der Waals surface area contributed by atoms with Crippen LogP contribution in [0.15, 0.2) is 179 Å². The quantitative estimate of drug-likeness (QED) is 0.193. The van der Waals surface area contributed by atoms with Crippen LogP contribution in [0.5, 0.6) is 0 Å². The Balaban J connectivity index is 1.18. The van der Waals surface area contributed by atoms with E-state index in [0.717, 1.165) is 77.8 Å². The zero-order chi connectivity index (χ0) is 31.6. The highest BCUT2D eigenvalue weighted by atomic mass is 16.3. The first-order chi connectivity index (χ1) is 23.8. The van der Waals surface area contributed by atoms with Crippen molar-refractivity contribution >= 4 is 72.0 Å². The van der Waals surface area contributed by atoms with E-state index in [0.29, 0.717) is 0 Å². The summed E-state index contributed by atoms with van der Waals surface area (Å²) in [5, 5.41) is 5.65. The molecule has 0 aliphatic heterocycles. The number of furan rings is 2. The molecule has 3 heterocycles. The average molecular weight is 617 g/mol. The smallest absolute Gasteiger partial charge is 0.213 e. The molecule has 0 atom stereocenters. The maximum absolute atomic E-state index is 6.57. The lowest BCUT2D eigenvalue weighted by molar-refractivity contribution is 0.645. The van der Waals surface area contributed by atoms with Crippen LogP contribution in [0.25, 0.3) is 71.7 Å². The third-order valence-electron chi connectivity index (χ3n) is 9.40. The molecule has 10 rings (SSSR count). The molecule has 0 aliphatic carbocycles. The molecule has 0 radical (unpaired) electrons. The Bertz CT molecular complexity index is 2780. The lowest BCUT2D eigenvalue weighted by atomic mass is 10.0. The predicted octanol–water partition coefficient (Wildman–Crippen LogP) is 12.6. The molecule has 0 aliphatic rings. The summed E-state index contributed by atoms with van der Waals surface area (Å²) in [6, 6.07) is 59.4. The first-order valence-electron chi connectivity index (χ1n) is 16.2. The third kappa shape index (κ3) is 4.03. The lowest BCUT2D eigenvalue weighted by Crippen LogP contribution is -2.10. The van der Waals surface area contributed by atoms with Gasteiger partial charge in [0.25, 0.3) is 0 Å². The minimum atomic E-state index is 0.851. The molecule has 7 aromatic carbocycles. The van der Waals surface area contributed by atoms with Gasteiger partial charge in [0, 0.05) is 38.6 Å². The molecule has 0 saturated carbocycles. The minimum Gasteiger partial charge on any atom is -0.454 e. The van der Waals surface area contributed by atoms with E-state index in [2.05, 4.69) is 155 Å². The number of fused-ring (bicyclic) bond motifs is 8. The summed E-state index contributed by atoms with van der Waals surface area (Å²) in [7, 11) is 0. The largest absolute Gasteiger partial charge is 0.454 e. The fourth-order valence-corrected chi connectivity index (χ4v) is 7.24. The van der Waals surface area contributed by atoms with Crippen LogP contribution in [0.4, 0.5) is 17.1 Å². The predicted molar refractivity (Wildman–Crippen MR) is 198 cm³/mol. The van der Waals surface area contributed by atoms with Crippen molar-refractivity contribution in [3.8, 4) is 16.8 Å². The van der Waals surface area contributed by atoms with Crippen molar-refractivity contribution in [3.05, 3.63) is 170 Å². The molecule has 0 unspecified atom stereocenters. The van der Waals surface area contributed by atoms with E-state index in [1.807, 2.05) is 24.3 Å². The van der Waals surface area contributed by atoms with Crippen molar-refractivity contribution in [2.75, 3.05) is 4.90 Å². The second-order valence-electron chi connectivity index (χ2n) is 12.2. The number of anilines is 3. The van der Waals surface area contributed by atoms with Gasteiger partial charge >= 0.3 is 0 Å². The monoisotopic (exact) mass is 616 g/mol. The summed E-state index contributed by atoms with van der Waals surface area (Å²) in [5.74, 6) is 0. The fraction of sp³-hybridized carbons (Fsp3) is 0.